The fourth-order valence-electron chi connectivity index (χ4n) is 4.18. The number of fused-ring (bicyclic) bond motifs is 1. The summed E-state index contributed by atoms with van der Waals surface area (Å²) in [5, 5.41) is 17.4. The number of carbonyl (C=O) groups is 1. The number of benzene rings is 1. The third-order valence-corrected chi connectivity index (χ3v) is 5.91. The van der Waals surface area contributed by atoms with Crippen LogP contribution in [0.25, 0.3) is 10.9 Å². The van der Waals surface area contributed by atoms with Gasteiger partial charge in [0.25, 0.3) is 5.56 Å². The summed E-state index contributed by atoms with van der Waals surface area (Å²) in [7, 11) is 2.74. The van der Waals surface area contributed by atoms with Gasteiger partial charge >= 0.3 is 5.69 Å². The van der Waals surface area contributed by atoms with Gasteiger partial charge in [-0.3, -0.25) is 18.7 Å². The number of nitrogens with zero attached hydrogens (tertiary/aromatic N) is 5. The minimum atomic E-state index is -0.639. The van der Waals surface area contributed by atoms with Gasteiger partial charge in [-0.05, 0) is 13.0 Å². The average molecular weight is 423 g/mol. The van der Waals surface area contributed by atoms with Crippen LogP contribution in [0.15, 0.2) is 45.2 Å². The molecule has 1 unspecified atom stereocenters. The minimum Gasteiger partial charge on any atom is -0.494 e. The van der Waals surface area contributed by atoms with Crippen LogP contribution in [0.1, 0.15) is 43.9 Å². The van der Waals surface area contributed by atoms with E-state index in [1.807, 2.05) is 37.4 Å². The molecule has 0 bridgehead atoms. The summed E-state index contributed by atoms with van der Waals surface area (Å²) in [6.07, 6.45) is 2.52. The summed E-state index contributed by atoms with van der Waals surface area (Å²) < 4.78 is 4.04. The lowest BCUT2D eigenvalue weighted by atomic mass is 9.98. The van der Waals surface area contributed by atoms with E-state index in [2.05, 4.69) is 9.67 Å². The van der Waals surface area contributed by atoms with Gasteiger partial charge in [0.1, 0.15) is 5.56 Å². The zero-order valence-corrected chi connectivity index (χ0v) is 18.0. The van der Waals surface area contributed by atoms with Gasteiger partial charge in [-0.2, -0.15) is 5.10 Å². The summed E-state index contributed by atoms with van der Waals surface area (Å²) in [6.45, 7) is 4.57. The zero-order valence-electron chi connectivity index (χ0n) is 18.0. The van der Waals surface area contributed by atoms with Crippen LogP contribution >= 0.6 is 0 Å². The van der Waals surface area contributed by atoms with Crippen LogP contribution in [0, 0.1) is 0 Å². The monoisotopic (exact) mass is 423 g/mol. The first-order valence-corrected chi connectivity index (χ1v) is 10.3. The maximum Gasteiger partial charge on any atom is 0.333 e. The molecule has 0 radical (unpaired) electrons. The van der Waals surface area contributed by atoms with Gasteiger partial charge < -0.3 is 9.67 Å². The molecule has 3 aromatic rings. The normalized spacial score (nSPS) is 16.2. The first-order chi connectivity index (χ1) is 14.8. The second-order valence-corrected chi connectivity index (χ2v) is 7.65. The molecule has 9 nitrogen and oxygen atoms in total. The lowest BCUT2D eigenvalue weighted by molar-refractivity contribution is -0.132. The van der Waals surface area contributed by atoms with E-state index in [-0.39, 0.29) is 30.0 Å². The van der Waals surface area contributed by atoms with Crippen molar-refractivity contribution in [3.05, 3.63) is 62.4 Å². The Hall–Kier alpha value is -3.62. The second kappa shape index (κ2) is 7.57. The Bertz CT molecular complexity index is 1340. The van der Waals surface area contributed by atoms with E-state index in [1.165, 1.54) is 19.1 Å². The largest absolute Gasteiger partial charge is 0.494 e. The van der Waals surface area contributed by atoms with E-state index in [0.717, 1.165) is 32.1 Å². The fraction of sp³-hybridized carbons (Fsp3) is 0.364. The van der Waals surface area contributed by atoms with E-state index in [4.69, 9.17) is 0 Å². The predicted octanol–water partition coefficient (Wildman–Crippen LogP) is 1.85. The molecule has 2 aromatic heterocycles. The van der Waals surface area contributed by atoms with Gasteiger partial charge in [0, 0.05) is 56.1 Å². The number of carbonyl (C=O) groups excluding carboxylic acids is 1. The molecular weight excluding hydrogens is 398 g/mol. The summed E-state index contributed by atoms with van der Waals surface area (Å²) in [5.41, 5.74) is 0.945. The van der Waals surface area contributed by atoms with Crippen molar-refractivity contribution in [2.24, 2.45) is 19.2 Å². The number of hydrazone groups is 1. The maximum absolute atomic E-state index is 12.8. The van der Waals surface area contributed by atoms with Crippen LogP contribution in [0.5, 0.6) is 5.88 Å². The molecule has 0 fully saturated rings. The Morgan fingerprint density at radius 3 is 2.55 bits per heavy atom. The number of para-hydroxylation sites is 1. The first kappa shape index (κ1) is 20.6. The van der Waals surface area contributed by atoms with Crippen LogP contribution in [-0.4, -0.2) is 35.4 Å². The van der Waals surface area contributed by atoms with Crippen molar-refractivity contribution < 1.29 is 9.90 Å². The van der Waals surface area contributed by atoms with E-state index in [1.54, 1.807) is 6.92 Å². The summed E-state index contributed by atoms with van der Waals surface area (Å²) in [5.74, 6) is -0.637. The number of aromatic nitrogens is 3. The lowest BCUT2D eigenvalue weighted by Gasteiger charge is -2.21. The van der Waals surface area contributed by atoms with Gasteiger partial charge in [-0.15, -0.1) is 0 Å². The standard InChI is InChI=1S/C22H25N5O4/c1-5-18(28)27-17(14-12-26(6-2)16-10-8-7-9-13(14)16)11-15(23-27)19-20(29)24(3)22(31)25(4)21(19)30/h7-10,12,17,29H,5-6,11H2,1-4H3. The second-order valence-electron chi connectivity index (χ2n) is 7.65. The molecule has 0 saturated heterocycles. The van der Waals surface area contributed by atoms with Crippen molar-refractivity contribution in [1.29, 1.82) is 0 Å². The van der Waals surface area contributed by atoms with Gasteiger partial charge in [-0.1, -0.05) is 25.1 Å². The maximum atomic E-state index is 12.8. The lowest BCUT2D eigenvalue weighted by Crippen LogP contribution is -2.39. The number of hydrogen-bond acceptors (Lipinski definition) is 5. The molecule has 162 valence electrons. The Kier molecular flexibility index (Phi) is 5.04. The molecule has 9 heteroatoms. The highest BCUT2D eigenvalue weighted by atomic mass is 16.3. The van der Waals surface area contributed by atoms with Gasteiger partial charge in [0.2, 0.25) is 11.8 Å². The molecule has 1 N–H and O–H groups in total. The smallest absolute Gasteiger partial charge is 0.333 e. The highest BCUT2D eigenvalue weighted by molar-refractivity contribution is 6.05. The van der Waals surface area contributed by atoms with Crippen LogP contribution in [0.3, 0.4) is 0 Å². The Labute approximate surface area is 178 Å². The Balaban J connectivity index is 1.89. The van der Waals surface area contributed by atoms with E-state index < -0.39 is 23.2 Å². The Morgan fingerprint density at radius 2 is 1.87 bits per heavy atom. The Morgan fingerprint density at radius 1 is 1.16 bits per heavy atom. The molecule has 4 rings (SSSR count). The van der Waals surface area contributed by atoms with Crippen molar-refractivity contribution in [3.8, 4) is 5.88 Å². The molecular formula is C22H25N5O4. The molecule has 0 saturated carbocycles. The summed E-state index contributed by atoms with van der Waals surface area (Å²) in [4.78, 5) is 37.7. The van der Waals surface area contributed by atoms with Crippen LogP contribution in [0.4, 0.5) is 0 Å². The highest BCUT2D eigenvalue weighted by Crippen LogP contribution is 2.38. The molecule has 31 heavy (non-hydrogen) atoms. The van der Waals surface area contributed by atoms with Crippen molar-refractivity contribution in [2.75, 3.05) is 0 Å². The number of aryl methyl sites for hydroxylation is 1. The van der Waals surface area contributed by atoms with E-state index in [0.29, 0.717) is 0 Å². The third kappa shape index (κ3) is 3.08. The molecule has 1 aromatic carbocycles. The third-order valence-electron chi connectivity index (χ3n) is 5.91. The first-order valence-electron chi connectivity index (χ1n) is 10.3. The van der Waals surface area contributed by atoms with Crippen molar-refractivity contribution in [3.63, 3.8) is 0 Å². The molecule has 0 spiro atoms. The van der Waals surface area contributed by atoms with Crippen LogP contribution < -0.4 is 11.2 Å². The van der Waals surface area contributed by atoms with Crippen molar-refractivity contribution in [2.45, 2.75) is 39.3 Å². The van der Waals surface area contributed by atoms with Crippen molar-refractivity contribution in [1.82, 2.24) is 18.7 Å². The topological polar surface area (TPSA) is 102 Å². The minimum absolute atomic E-state index is 0.0553. The number of aromatic hydroxyl groups is 1. The van der Waals surface area contributed by atoms with E-state index in [9.17, 15) is 19.5 Å². The predicted molar refractivity (Wildman–Crippen MR) is 117 cm³/mol. The fourth-order valence-corrected chi connectivity index (χ4v) is 4.18. The van der Waals surface area contributed by atoms with Crippen molar-refractivity contribution >= 4 is 22.5 Å². The van der Waals surface area contributed by atoms with Gasteiger partial charge in [0.15, 0.2) is 0 Å². The van der Waals surface area contributed by atoms with Crippen LogP contribution in [-0.2, 0) is 25.4 Å². The van der Waals surface area contributed by atoms with Gasteiger partial charge in [0.05, 0.1) is 11.8 Å². The van der Waals surface area contributed by atoms with Crippen LogP contribution in [0.2, 0.25) is 0 Å². The highest BCUT2D eigenvalue weighted by Gasteiger charge is 2.36. The molecule has 0 aliphatic carbocycles. The quantitative estimate of drug-likeness (QED) is 0.692. The summed E-state index contributed by atoms with van der Waals surface area (Å²) in [6, 6.07) is 7.53. The summed E-state index contributed by atoms with van der Waals surface area (Å²) >= 11 is 0. The average Bonchev–Trinajstić information content (AvgIpc) is 3.37. The number of rotatable bonds is 4. The SMILES string of the molecule is CCC(=O)N1N=C(c2c(O)n(C)c(=O)n(C)c2=O)CC1c1cn(CC)c2ccccc12. The molecule has 3 heterocycles. The molecule has 1 aliphatic heterocycles. The number of hydrogen-bond donors (Lipinski definition) is 1. The van der Waals surface area contributed by atoms with E-state index >= 15 is 0 Å². The molecule has 1 amide bonds. The molecule has 1 atom stereocenters. The number of amides is 1. The zero-order chi connectivity index (χ0) is 22.4. The molecule has 1 aliphatic rings. The van der Waals surface area contributed by atoms with Gasteiger partial charge in [-0.25, -0.2) is 9.80 Å².